The van der Waals surface area contributed by atoms with Gasteiger partial charge in [0.1, 0.15) is 11.1 Å². The molecule has 0 saturated heterocycles. The average molecular weight is 416 g/mol. The number of benzene rings is 1. The van der Waals surface area contributed by atoms with Crippen LogP contribution in [0.1, 0.15) is 58.9 Å². The van der Waals surface area contributed by atoms with Crippen LogP contribution in [0.15, 0.2) is 39.8 Å². The molecule has 1 saturated carbocycles. The summed E-state index contributed by atoms with van der Waals surface area (Å²) in [7, 11) is 0. The van der Waals surface area contributed by atoms with E-state index < -0.39 is 0 Å². The lowest BCUT2D eigenvalue weighted by Gasteiger charge is -2.16. The third kappa shape index (κ3) is 4.05. The van der Waals surface area contributed by atoms with Crippen molar-refractivity contribution in [3.8, 4) is 6.07 Å². The zero-order valence-corrected chi connectivity index (χ0v) is 16.4. The number of carbonyl (C=O) groups is 1. The first-order valence-corrected chi connectivity index (χ1v) is 10.1. The summed E-state index contributed by atoms with van der Waals surface area (Å²) in [5, 5.41) is 13.2. The Labute approximate surface area is 160 Å². The van der Waals surface area contributed by atoms with Gasteiger partial charge in [0.05, 0.1) is 17.2 Å². The van der Waals surface area contributed by atoms with Crippen LogP contribution in [-0.4, -0.2) is 17.1 Å². The lowest BCUT2D eigenvalue weighted by Crippen LogP contribution is -2.27. The summed E-state index contributed by atoms with van der Waals surface area (Å²) in [5.74, 6) is 0.195. The third-order valence-electron chi connectivity index (χ3n) is 4.27. The van der Waals surface area contributed by atoms with Crippen molar-refractivity contribution in [1.82, 2.24) is 10.3 Å². The highest BCUT2D eigenvalue weighted by Crippen LogP contribution is 2.40. The van der Waals surface area contributed by atoms with E-state index in [1.54, 1.807) is 6.07 Å². The zero-order valence-electron chi connectivity index (χ0n) is 14.0. The van der Waals surface area contributed by atoms with Gasteiger partial charge in [-0.1, -0.05) is 28.1 Å². The Balaban J connectivity index is 1.89. The number of amides is 1. The van der Waals surface area contributed by atoms with Gasteiger partial charge in [0.2, 0.25) is 0 Å². The van der Waals surface area contributed by atoms with Crippen LogP contribution in [0.2, 0.25) is 0 Å². The predicted molar refractivity (Wildman–Crippen MR) is 103 cm³/mol. The van der Waals surface area contributed by atoms with E-state index >= 15 is 0 Å². The molecule has 0 aliphatic heterocycles. The fraction of sp³-hybridized carbons (Fsp3) is 0.316. The first kappa shape index (κ1) is 18.0. The Morgan fingerprint density at radius 3 is 2.64 bits per heavy atom. The molecule has 1 aliphatic carbocycles. The average Bonchev–Trinajstić information content (AvgIpc) is 3.46. The van der Waals surface area contributed by atoms with E-state index in [9.17, 15) is 10.1 Å². The molecule has 0 spiro atoms. The van der Waals surface area contributed by atoms with Gasteiger partial charge in [-0.05, 0) is 49.8 Å². The Hall–Kier alpha value is -1.84. The maximum atomic E-state index is 12.8. The van der Waals surface area contributed by atoms with Crippen LogP contribution in [-0.2, 0) is 0 Å². The summed E-state index contributed by atoms with van der Waals surface area (Å²) in [5.41, 5.74) is 2.71. The molecule has 0 unspecified atom stereocenters. The summed E-state index contributed by atoms with van der Waals surface area (Å²) < 4.78 is 0.995. The molecule has 1 N–H and O–H groups in total. The number of nitrogens with one attached hydrogen (secondary N) is 1. The number of carbonyl (C=O) groups excluding carboxylic acids is 1. The van der Waals surface area contributed by atoms with Crippen molar-refractivity contribution in [3.63, 3.8) is 0 Å². The monoisotopic (exact) mass is 415 g/mol. The SMILES string of the molecule is CSc1nc(C2CC2)cc(C(=O)N[C@@H](C)c2ccc(Br)cc2)c1C#N. The fourth-order valence-corrected chi connectivity index (χ4v) is 3.49. The molecule has 128 valence electrons. The highest BCUT2D eigenvalue weighted by Gasteiger charge is 2.28. The van der Waals surface area contributed by atoms with Gasteiger partial charge in [-0.15, -0.1) is 11.8 Å². The van der Waals surface area contributed by atoms with Crippen molar-refractivity contribution in [2.75, 3.05) is 6.26 Å². The van der Waals surface area contributed by atoms with Crippen LogP contribution in [0.3, 0.4) is 0 Å². The van der Waals surface area contributed by atoms with Gasteiger partial charge >= 0.3 is 0 Å². The number of nitriles is 1. The minimum absolute atomic E-state index is 0.151. The second-order valence-corrected chi connectivity index (χ2v) is 7.82. The van der Waals surface area contributed by atoms with Crippen LogP contribution in [0.4, 0.5) is 0 Å². The van der Waals surface area contributed by atoms with Gasteiger partial charge in [-0.2, -0.15) is 5.26 Å². The molecule has 3 rings (SSSR count). The van der Waals surface area contributed by atoms with E-state index in [-0.39, 0.29) is 11.9 Å². The maximum Gasteiger partial charge on any atom is 0.253 e. The van der Waals surface area contributed by atoms with Crippen molar-refractivity contribution in [3.05, 3.63) is 57.2 Å². The van der Waals surface area contributed by atoms with Gasteiger partial charge in [-0.3, -0.25) is 4.79 Å². The lowest BCUT2D eigenvalue weighted by molar-refractivity contribution is 0.0939. The minimum Gasteiger partial charge on any atom is -0.345 e. The molecular formula is C19H18BrN3OS. The predicted octanol–water partition coefficient (Wildman–Crippen LogP) is 4.81. The van der Waals surface area contributed by atoms with Crippen molar-refractivity contribution in [2.24, 2.45) is 0 Å². The van der Waals surface area contributed by atoms with Crippen molar-refractivity contribution in [2.45, 2.75) is 36.8 Å². The van der Waals surface area contributed by atoms with Gasteiger partial charge in [0.25, 0.3) is 5.91 Å². The molecular weight excluding hydrogens is 398 g/mol. The van der Waals surface area contributed by atoms with E-state index in [0.717, 1.165) is 28.6 Å². The Kier molecular flexibility index (Phi) is 5.45. The molecule has 4 nitrogen and oxygen atoms in total. The fourth-order valence-electron chi connectivity index (χ4n) is 2.67. The molecule has 1 aliphatic rings. The largest absolute Gasteiger partial charge is 0.345 e. The maximum absolute atomic E-state index is 12.8. The number of aromatic nitrogens is 1. The molecule has 1 aromatic heterocycles. The van der Waals surface area contributed by atoms with E-state index in [1.165, 1.54) is 11.8 Å². The number of halogens is 1. The van der Waals surface area contributed by atoms with Gasteiger partial charge in [-0.25, -0.2) is 4.98 Å². The van der Waals surface area contributed by atoms with Crippen LogP contribution in [0.25, 0.3) is 0 Å². The summed E-state index contributed by atoms with van der Waals surface area (Å²) in [4.78, 5) is 17.4. The quantitative estimate of drug-likeness (QED) is 0.711. The van der Waals surface area contributed by atoms with Gasteiger partial charge in [0.15, 0.2) is 0 Å². The molecule has 0 radical (unpaired) electrons. The van der Waals surface area contributed by atoms with Gasteiger partial charge in [0, 0.05) is 16.1 Å². The van der Waals surface area contributed by atoms with E-state index in [2.05, 4.69) is 32.3 Å². The molecule has 1 aromatic carbocycles. The molecule has 2 aromatic rings. The van der Waals surface area contributed by atoms with Crippen LogP contribution in [0, 0.1) is 11.3 Å². The molecule has 25 heavy (non-hydrogen) atoms. The first-order valence-electron chi connectivity index (χ1n) is 8.08. The van der Waals surface area contributed by atoms with E-state index in [4.69, 9.17) is 0 Å². The number of hydrogen-bond acceptors (Lipinski definition) is 4. The lowest BCUT2D eigenvalue weighted by atomic mass is 10.1. The molecule has 1 atom stereocenters. The van der Waals surface area contributed by atoms with E-state index in [0.29, 0.717) is 22.1 Å². The number of hydrogen-bond donors (Lipinski definition) is 1. The summed E-state index contributed by atoms with van der Waals surface area (Å²) in [6.45, 7) is 1.94. The molecule has 0 bridgehead atoms. The molecule has 1 amide bonds. The number of thioether (sulfide) groups is 1. The highest BCUT2D eigenvalue weighted by molar-refractivity contribution is 9.10. The van der Waals surface area contributed by atoms with E-state index in [1.807, 2.05) is 37.4 Å². The summed E-state index contributed by atoms with van der Waals surface area (Å²) in [6.07, 6.45) is 4.08. The first-order chi connectivity index (χ1) is 12.0. The van der Waals surface area contributed by atoms with Crippen molar-refractivity contribution < 1.29 is 4.79 Å². The molecule has 6 heteroatoms. The number of rotatable bonds is 5. The van der Waals surface area contributed by atoms with Crippen molar-refractivity contribution in [1.29, 1.82) is 5.26 Å². The molecule has 1 fully saturated rings. The van der Waals surface area contributed by atoms with Crippen molar-refractivity contribution >= 4 is 33.6 Å². The zero-order chi connectivity index (χ0) is 18.0. The summed E-state index contributed by atoms with van der Waals surface area (Å²) in [6, 6.07) is 11.6. The van der Waals surface area contributed by atoms with Gasteiger partial charge < -0.3 is 5.32 Å². The standard InChI is InChI=1S/C19H18BrN3OS/c1-11(12-5-7-14(20)8-6-12)22-18(24)15-9-17(13-3-4-13)23-19(25-2)16(15)10-21/h5-9,11,13H,3-4H2,1-2H3,(H,22,24)/t11-/m0/s1. The Morgan fingerprint density at radius 2 is 2.08 bits per heavy atom. The molecule has 1 heterocycles. The number of nitrogens with zero attached hydrogens (tertiary/aromatic N) is 2. The number of pyridine rings is 1. The highest BCUT2D eigenvalue weighted by atomic mass is 79.9. The van der Waals surface area contributed by atoms with Crippen LogP contribution in [0.5, 0.6) is 0 Å². The smallest absolute Gasteiger partial charge is 0.253 e. The second kappa shape index (κ2) is 7.59. The Morgan fingerprint density at radius 1 is 1.40 bits per heavy atom. The van der Waals surface area contributed by atoms with Crippen LogP contribution >= 0.6 is 27.7 Å². The Bertz CT molecular complexity index is 841. The summed E-state index contributed by atoms with van der Waals surface area (Å²) >= 11 is 4.82. The second-order valence-electron chi connectivity index (χ2n) is 6.11. The topological polar surface area (TPSA) is 65.8 Å². The van der Waals surface area contributed by atoms with Crippen LogP contribution < -0.4 is 5.32 Å². The normalized spacial score (nSPS) is 14.6. The third-order valence-corrected chi connectivity index (χ3v) is 5.48. The minimum atomic E-state index is -0.230.